The molecule has 1 aromatic heterocycles. The third-order valence-corrected chi connectivity index (χ3v) is 3.79. The Morgan fingerprint density at radius 2 is 1.95 bits per heavy atom. The Morgan fingerprint density at radius 3 is 2.60 bits per heavy atom. The molecule has 0 atom stereocenters. The average molecular weight is 265 g/mol. The number of hydrogen-bond acceptors (Lipinski definition) is 1. The molecule has 1 aliphatic heterocycles. The predicted octanol–water partition coefficient (Wildman–Crippen LogP) is 4.98. The van der Waals surface area contributed by atoms with Crippen molar-refractivity contribution in [1.29, 1.82) is 0 Å². The van der Waals surface area contributed by atoms with E-state index in [1.54, 1.807) is 0 Å². The fourth-order valence-corrected chi connectivity index (χ4v) is 2.48. The average Bonchev–Trinajstić information content (AvgIpc) is 2.96. The summed E-state index contributed by atoms with van der Waals surface area (Å²) in [5.41, 5.74) is 3.50. The molecule has 102 valence electrons. The lowest BCUT2D eigenvalue weighted by atomic mass is 9.89. The van der Waals surface area contributed by atoms with Gasteiger partial charge in [-0.25, -0.2) is 0 Å². The van der Waals surface area contributed by atoms with Crippen molar-refractivity contribution < 1.29 is 4.74 Å². The first-order valence-corrected chi connectivity index (χ1v) is 6.87. The number of allylic oxidation sites excluding steroid dienone is 2. The molecule has 1 aromatic carbocycles. The maximum absolute atomic E-state index is 5.79. The van der Waals surface area contributed by atoms with Crippen LogP contribution in [-0.2, 0) is 4.74 Å². The second kappa shape index (κ2) is 4.71. The Bertz CT molecular complexity index is 662. The van der Waals surface area contributed by atoms with E-state index in [1.165, 1.54) is 11.1 Å². The third-order valence-electron chi connectivity index (χ3n) is 3.79. The smallest absolute Gasteiger partial charge is 0.107 e. The van der Waals surface area contributed by atoms with E-state index >= 15 is 0 Å². The molecular formula is C18H19NO. The summed E-state index contributed by atoms with van der Waals surface area (Å²) in [6.07, 6.45) is 4.94. The molecule has 3 rings (SSSR count). The lowest BCUT2D eigenvalue weighted by Gasteiger charge is -2.12. The van der Waals surface area contributed by atoms with Gasteiger partial charge >= 0.3 is 0 Å². The van der Waals surface area contributed by atoms with Crippen LogP contribution >= 0.6 is 0 Å². The van der Waals surface area contributed by atoms with E-state index in [1.807, 2.05) is 12.3 Å². The van der Waals surface area contributed by atoms with Crippen molar-refractivity contribution in [3.05, 3.63) is 66.4 Å². The molecule has 2 nitrogen and oxygen atoms in total. The molecular weight excluding hydrogens is 246 g/mol. The van der Waals surface area contributed by atoms with Gasteiger partial charge < -0.3 is 9.72 Å². The van der Waals surface area contributed by atoms with Gasteiger partial charge in [0.2, 0.25) is 0 Å². The first-order chi connectivity index (χ1) is 9.56. The van der Waals surface area contributed by atoms with Crippen LogP contribution < -0.4 is 0 Å². The summed E-state index contributed by atoms with van der Waals surface area (Å²) in [6, 6.07) is 12.5. The Morgan fingerprint density at radius 1 is 1.20 bits per heavy atom. The van der Waals surface area contributed by atoms with Crippen LogP contribution in [0.2, 0.25) is 0 Å². The quantitative estimate of drug-likeness (QED) is 0.813. The van der Waals surface area contributed by atoms with Crippen LogP contribution in [0.1, 0.15) is 26.0 Å². The van der Waals surface area contributed by atoms with Gasteiger partial charge in [-0.3, -0.25) is 0 Å². The molecule has 0 radical (unpaired) electrons. The summed E-state index contributed by atoms with van der Waals surface area (Å²) in [5, 5.41) is 0. The minimum Gasteiger partial charge on any atom is -0.466 e. The van der Waals surface area contributed by atoms with Gasteiger partial charge in [0.25, 0.3) is 0 Å². The lowest BCUT2D eigenvalue weighted by Crippen LogP contribution is -2.05. The van der Waals surface area contributed by atoms with Gasteiger partial charge in [-0.1, -0.05) is 50.8 Å². The second-order valence-electron chi connectivity index (χ2n) is 5.87. The van der Waals surface area contributed by atoms with Gasteiger partial charge in [-0.05, 0) is 11.6 Å². The summed E-state index contributed by atoms with van der Waals surface area (Å²) in [6.45, 7) is 8.31. The molecule has 0 bridgehead atoms. The van der Waals surface area contributed by atoms with Crippen molar-refractivity contribution in [2.45, 2.75) is 20.3 Å². The molecule has 1 N–H and O–H groups in total. The van der Waals surface area contributed by atoms with Crippen LogP contribution in [0.25, 0.3) is 17.2 Å². The minimum absolute atomic E-state index is 0.0192. The standard InChI is InChI=1S/C18H19NO/c1-13-18(2,3)12-15(20-13)11-17-16(9-10-19-17)14-7-5-4-6-8-14/h4-11,19H,1,12H2,2-3H3/b15-11+. The van der Waals surface area contributed by atoms with E-state index in [0.717, 1.165) is 23.6 Å². The van der Waals surface area contributed by atoms with Gasteiger partial charge in [0.05, 0.1) is 0 Å². The molecule has 20 heavy (non-hydrogen) atoms. The number of aromatic amines is 1. The van der Waals surface area contributed by atoms with Gasteiger partial charge in [0.15, 0.2) is 0 Å². The summed E-state index contributed by atoms with van der Waals surface area (Å²) >= 11 is 0. The fraction of sp³-hybridized carbons (Fsp3) is 0.222. The molecule has 2 aromatic rings. The largest absolute Gasteiger partial charge is 0.466 e. The van der Waals surface area contributed by atoms with Crippen LogP contribution in [0.3, 0.4) is 0 Å². The first kappa shape index (κ1) is 12.8. The van der Waals surface area contributed by atoms with Crippen LogP contribution in [0.4, 0.5) is 0 Å². The number of benzene rings is 1. The van der Waals surface area contributed by atoms with Gasteiger partial charge in [0, 0.05) is 35.4 Å². The molecule has 2 heteroatoms. The molecule has 0 saturated carbocycles. The topological polar surface area (TPSA) is 25.0 Å². The Hall–Kier alpha value is -2.22. The number of rotatable bonds is 2. The highest BCUT2D eigenvalue weighted by Gasteiger charge is 2.33. The van der Waals surface area contributed by atoms with E-state index in [2.05, 4.69) is 61.8 Å². The monoisotopic (exact) mass is 265 g/mol. The maximum atomic E-state index is 5.79. The first-order valence-electron chi connectivity index (χ1n) is 6.87. The van der Waals surface area contributed by atoms with E-state index in [-0.39, 0.29) is 5.41 Å². The molecule has 2 heterocycles. The Balaban J connectivity index is 1.94. The van der Waals surface area contributed by atoms with Crippen molar-refractivity contribution in [3.63, 3.8) is 0 Å². The zero-order chi connectivity index (χ0) is 14.2. The molecule has 0 unspecified atom stereocenters. The summed E-state index contributed by atoms with van der Waals surface area (Å²) in [5.74, 6) is 1.82. The Labute approximate surface area is 119 Å². The van der Waals surface area contributed by atoms with Crippen molar-refractivity contribution in [2.75, 3.05) is 0 Å². The zero-order valence-corrected chi connectivity index (χ0v) is 11.9. The van der Waals surface area contributed by atoms with E-state index < -0.39 is 0 Å². The molecule has 0 aliphatic carbocycles. The number of hydrogen-bond donors (Lipinski definition) is 1. The van der Waals surface area contributed by atoms with E-state index in [4.69, 9.17) is 4.74 Å². The fourth-order valence-electron chi connectivity index (χ4n) is 2.48. The predicted molar refractivity (Wildman–Crippen MR) is 82.8 cm³/mol. The SMILES string of the molecule is C=C1O/C(=C/c2[nH]ccc2-c2ccccc2)CC1(C)C. The summed E-state index contributed by atoms with van der Waals surface area (Å²) < 4.78 is 5.79. The number of H-pyrrole nitrogens is 1. The highest BCUT2D eigenvalue weighted by atomic mass is 16.5. The van der Waals surface area contributed by atoms with Crippen molar-refractivity contribution in [1.82, 2.24) is 4.98 Å². The Kier molecular flexibility index (Phi) is 3.01. The lowest BCUT2D eigenvalue weighted by molar-refractivity contribution is 0.308. The summed E-state index contributed by atoms with van der Waals surface area (Å²) in [4.78, 5) is 3.29. The summed E-state index contributed by atoms with van der Waals surface area (Å²) in [7, 11) is 0. The van der Waals surface area contributed by atoms with Crippen molar-refractivity contribution in [3.8, 4) is 11.1 Å². The second-order valence-corrected chi connectivity index (χ2v) is 5.87. The third kappa shape index (κ3) is 2.29. The van der Waals surface area contributed by atoms with Crippen molar-refractivity contribution >= 4 is 6.08 Å². The van der Waals surface area contributed by atoms with Gasteiger partial charge in [0.1, 0.15) is 11.5 Å². The number of ether oxygens (including phenoxy) is 1. The van der Waals surface area contributed by atoms with Crippen LogP contribution in [0, 0.1) is 5.41 Å². The molecule has 0 spiro atoms. The van der Waals surface area contributed by atoms with Crippen molar-refractivity contribution in [2.24, 2.45) is 5.41 Å². The number of aromatic nitrogens is 1. The van der Waals surface area contributed by atoms with E-state index in [0.29, 0.717) is 0 Å². The maximum Gasteiger partial charge on any atom is 0.107 e. The molecule has 1 fully saturated rings. The van der Waals surface area contributed by atoms with Gasteiger partial charge in [-0.2, -0.15) is 0 Å². The highest BCUT2D eigenvalue weighted by Crippen LogP contribution is 2.42. The minimum atomic E-state index is 0.0192. The van der Waals surface area contributed by atoms with Crippen LogP contribution in [-0.4, -0.2) is 4.98 Å². The highest BCUT2D eigenvalue weighted by molar-refractivity contribution is 5.74. The molecule has 1 aliphatic rings. The van der Waals surface area contributed by atoms with Gasteiger partial charge in [-0.15, -0.1) is 0 Å². The molecule has 0 amide bonds. The normalized spacial score (nSPS) is 19.3. The number of nitrogens with one attached hydrogen (secondary N) is 1. The zero-order valence-electron chi connectivity index (χ0n) is 11.9. The van der Waals surface area contributed by atoms with Crippen LogP contribution in [0.15, 0.2) is 60.7 Å². The van der Waals surface area contributed by atoms with Crippen LogP contribution in [0.5, 0.6) is 0 Å². The molecule has 1 saturated heterocycles. The van der Waals surface area contributed by atoms with E-state index in [9.17, 15) is 0 Å².